The van der Waals surface area contributed by atoms with Gasteiger partial charge in [-0.3, -0.25) is 0 Å². The molecule has 60 valence electrons. The minimum atomic E-state index is -0.186. The first-order valence-electron chi connectivity index (χ1n) is 3.61. The highest BCUT2D eigenvalue weighted by molar-refractivity contribution is 4.69. The lowest BCUT2D eigenvalue weighted by atomic mass is 10.1. The van der Waals surface area contributed by atoms with Gasteiger partial charge in [-0.1, -0.05) is 0 Å². The lowest BCUT2D eigenvalue weighted by Gasteiger charge is -2.25. The molecule has 3 nitrogen and oxygen atoms in total. The number of methoxy groups -OCH3 is 1. The lowest BCUT2D eigenvalue weighted by molar-refractivity contribution is -0.0713. The Labute approximate surface area is 60.9 Å². The van der Waals surface area contributed by atoms with E-state index in [0.717, 1.165) is 6.42 Å². The summed E-state index contributed by atoms with van der Waals surface area (Å²) in [6, 6.07) is 0. The van der Waals surface area contributed by atoms with Gasteiger partial charge < -0.3 is 14.6 Å². The summed E-state index contributed by atoms with van der Waals surface area (Å²) in [6.07, 6.45) is 1.40. The van der Waals surface area contributed by atoms with Crippen LogP contribution in [0.2, 0.25) is 0 Å². The van der Waals surface area contributed by atoms with Crippen LogP contribution in [0, 0.1) is 0 Å². The molecular formula is C7H14O3. The van der Waals surface area contributed by atoms with Crippen molar-refractivity contribution in [2.45, 2.75) is 25.0 Å². The fraction of sp³-hybridized carbons (Fsp3) is 1.00. The Balaban J connectivity index is 2.18. The molecule has 1 aliphatic rings. The Morgan fingerprint density at radius 3 is 3.10 bits per heavy atom. The Hall–Kier alpha value is -0.120. The lowest BCUT2D eigenvalue weighted by Crippen LogP contribution is -2.31. The van der Waals surface area contributed by atoms with Crippen molar-refractivity contribution in [2.75, 3.05) is 20.3 Å². The van der Waals surface area contributed by atoms with Gasteiger partial charge >= 0.3 is 0 Å². The van der Waals surface area contributed by atoms with E-state index in [2.05, 4.69) is 0 Å². The molecule has 1 N–H and O–H groups in total. The van der Waals surface area contributed by atoms with Crippen LogP contribution in [0.5, 0.6) is 0 Å². The zero-order valence-electron chi connectivity index (χ0n) is 6.25. The van der Waals surface area contributed by atoms with Crippen molar-refractivity contribution < 1.29 is 14.6 Å². The first kappa shape index (κ1) is 7.98. The van der Waals surface area contributed by atoms with Gasteiger partial charge in [-0.15, -0.1) is 0 Å². The van der Waals surface area contributed by atoms with E-state index >= 15 is 0 Å². The molecule has 0 radical (unpaired) electrons. The predicted octanol–water partition coefficient (Wildman–Crippen LogP) is 0.173. The van der Waals surface area contributed by atoms with Gasteiger partial charge in [-0.05, 0) is 6.42 Å². The van der Waals surface area contributed by atoms with Crippen molar-refractivity contribution in [3.05, 3.63) is 0 Å². The van der Waals surface area contributed by atoms with Crippen LogP contribution >= 0.6 is 0 Å². The Kier molecular flexibility index (Phi) is 3.12. The standard InChI is InChI=1S/C7H14O3/c1-9-5-7-4-6(8)2-3-10-7/h6-8H,2-5H2,1H3. The molecular weight excluding hydrogens is 132 g/mol. The normalized spacial score (nSPS) is 34.2. The summed E-state index contributed by atoms with van der Waals surface area (Å²) in [4.78, 5) is 0. The van der Waals surface area contributed by atoms with E-state index in [1.165, 1.54) is 0 Å². The maximum absolute atomic E-state index is 9.17. The summed E-state index contributed by atoms with van der Waals surface area (Å²) in [5.41, 5.74) is 0. The zero-order chi connectivity index (χ0) is 7.40. The highest BCUT2D eigenvalue weighted by Crippen LogP contribution is 2.13. The maximum atomic E-state index is 9.17. The van der Waals surface area contributed by atoms with Crippen molar-refractivity contribution in [1.29, 1.82) is 0 Å². The van der Waals surface area contributed by atoms with Crippen LogP contribution in [-0.4, -0.2) is 37.6 Å². The number of aliphatic hydroxyl groups is 1. The Bertz CT molecular complexity index is 92.9. The smallest absolute Gasteiger partial charge is 0.0832 e. The topological polar surface area (TPSA) is 38.7 Å². The van der Waals surface area contributed by atoms with Gasteiger partial charge in [0.2, 0.25) is 0 Å². The first-order valence-corrected chi connectivity index (χ1v) is 3.61. The van der Waals surface area contributed by atoms with E-state index in [0.29, 0.717) is 19.6 Å². The van der Waals surface area contributed by atoms with Crippen LogP contribution < -0.4 is 0 Å². The van der Waals surface area contributed by atoms with E-state index in [1.54, 1.807) is 7.11 Å². The van der Waals surface area contributed by atoms with Crippen molar-refractivity contribution in [3.8, 4) is 0 Å². The van der Waals surface area contributed by atoms with Crippen molar-refractivity contribution in [3.63, 3.8) is 0 Å². The molecule has 2 unspecified atom stereocenters. The average Bonchev–Trinajstić information content (AvgIpc) is 1.88. The molecule has 3 heteroatoms. The number of rotatable bonds is 2. The van der Waals surface area contributed by atoms with Gasteiger partial charge in [0.1, 0.15) is 0 Å². The Morgan fingerprint density at radius 2 is 2.50 bits per heavy atom. The van der Waals surface area contributed by atoms with Crippen molar-refractivity contribution in [2.24, 2.45) is 0 Å². The zero-order valence-corrected chi connectivity index (χ0v) is 6.25. The summed E-state index contributed by atoms with van der Waals surface area (Å²) in [5.74, 6) is 0. The molecule has 2 atom stereocenters. The third-order valence-electron chi connectivity index (χ3n) is 1.69. The number of hydrogen-bond acceptors (Lipinski definition) is 3. The number of ether oxygens (including phenoxy) is 2. The van der Waals surface area contributed by atoms with Crippen LogP contribution in [0.3, 0.4) is 0 Å². The monoisotopic (exact) mass is 146 g/mol. The van der Waals surface area contributed by atoms with Crippen molar-refractivity contribution >= 4 is 0 Å². The van der Waals surface area contributed by atoms with Crippen LogP contribution in [0.1, 0.15) is 12.8 Å². The minimum Gasteiger partial charge on any atom is -0.393 e. The predicted molar refractivity (Wildman–Crippen MR) is 36.9 cm³/mol. The van der Waals surface area contributed by atoms with Crippen LogP contribution in [0.25, 0.3) is 0 Å². The average molecular weight is 146 g/mol. The SMILES string of the molecule is COCC1CC(O)CCO1. The van der Waals surface area contributed by atoms with E-state index in [-0.39, 0.29) is 12.2 Å². The number of aliphatic hydroxyl groups excluding tert-OH is 1. The molecule has 0 saturated carbocycles. The molecule has 0 aliphatic carbocycles. The third-order valence-corrected chi connectivity index (χ3v) is 1.69. The largest absolute Gasteiger partial charge is 0.393 e. The molecule has 0 amide bonds. The number of hydrogen-bond donors (Lipinski definition) is 1. The highest BCUT2D eigenvalue weighted by Gasteiger charge is 2.19. The summed E-state index contributed by atoms with van der Waals surface area (Å²) in [6.45, 7) is 1.26. The van der Waals surface area contributed by atoms with Crippen LogP contribution in [-0.2, 0) is 9.47 Å². The molecule has 0 aromatic carbocycles. The van der Waals surface area contributed by atoms with Gasteiger partial charge in [0.05, 0.1) is 18.8 Å². The van der Waals surface area contributed by atoms with Crippen LogP contribution in [0.4, 0.5) is 0 Å². The summed E-state index contributed by atoms with van der Waals surface area (Å²) >= 11 is 0. The van der Waals surface area contributed by atoms with Crippen molar-refractivity contribution in [1.82, 2.24) is 0 Å². The van der Waals surface area contributed by atoms with E-state index in [9.17, 15) is 5.11 Å². The summed E-state index contributed by atoms with van der Waals surface area (Å²) < 4.78 is 10.2. The fourth-order valence-electron chi connectivity index (χ4n) is 1.16. The second-order valence-corrected chi connectivity index (χ2v) is 2.63. The molecule has 1 fully saturated rings. The van der Waals surface area contributed by atoms with Crippen LogP contribution in [0.15, 0.2) is 0 Å². The van der Waals surface area contributed by atoms with Gasteiger partial charge in [0.15, 0.2) is 0 Å². The molecule has 1 saturated heterocycles. The van der Waals surface area contributed by atoms with Gasteiger partial charge in [-0.25, -0.2) is 0 Å². The molecule has 1 heterocycles. The molecule has 0 aromatic rings. The van der Waals surface area contributed by atoms with E-state index in [1.807, 2.05) is 0 Å². The molecule has 1 rings (SSSR count). The highest BCUT2D eigenvalue weighted by atomic mass is 16.5. The van der Waals surface area contributed by atoms with Gasteiger partial charge in [0, 0.05) is 20.1 Å². The molecule has 0 aromatic heterocycles. The molecule has 0 spiro atoms. The second-order valence-electron chi connectivity index (χ2n) is 2.63. The second kappa shape index (κ2) is 3.91. The van der Waals surface area contributed by atoms with E-state index in [4.69, 9.17) is 9.47 Å². The Morgan fingerprint density at radius 1 is 1.70 bits per heavy atom. The van der Waals surface area contributed by atoms with E-state index < -0.39 is 0 Å². The van der Waals surface area contributed by atoms with Gasteiger partial charge in [-0.2, -0.15) is 0 Å². The molecule has 1 aliphatic heterocycles. The summed E-state index contributed by atoms with van der Waals surface area (Å²) in [5, 5.41) is 9.17. The molecule has 10 heavy (non-hydrogen) atoms. The fourth-order valence-corrected chi connectivity index (χ4v) is 1.16. The third kappa shape index (κ3) is 2.25. The first-order chi connectivity index (χ1) is 4.83. The quantitative estimate of drug-likeness (QED) is 0.603. The maximum Gasteiger partial charge on any atom is 0.0832 e. The summed E-state index contributed by atoms with van der Waals surface area (Å²) in [7, 11) is 1.64. The van der Waals surface area contributed by atoms with Gasteiger partial charge in [0.25, 0.3) is 0 Å². The molecule has 0 bridgehead atoms. The minimum absolute atomic E-state index is 0.105.